The fourth-order valence-corrected chi connectivity index (χ4v) is 2.22. The summed E-state index contributed by atoms with van der Waals surface area (Å²) in [5.41, 5.74) is 0.875. The molecule has 1 aromatic carbocycles. The Balaban J connectivity index is 2.11. The summed E-state index contributed by atoms with van der Waals surface area (Å²) in [6.07, 6.45) is 2.03. The number of hydrogen-bond acceptors (Lipinski definition) is 3. The summed E-state index contributed by atoms with van der Waals surface area (Å²) in [5.74, 6) is 0.531. The van der Waals surface area contributed by atoms with E-state index in [1.165, 1.54) is 6.07 Å². The molecule has 0 bridgehead atoms. The molecular weight excluding hydrogens is 245 g/mol. The van der Waals surface area contributed by atoms with Gasteiger partial charge in [-0.05, 0) is 38.1 Å². The molecule has 1 N–H and O–H groups in total. The van der Waals surface area contributed by atoms with E-state index < -0.39 is 0 Å². The van der Waals surface area contributed by atoms with Gasteiger partial charge < -0.3 is 14.8 Å². The average molecular weight is 267 g/mol. The molecule has 0 amide bonds. The largest absolute Gasteiger partial charge is 0.488 e. The van der Waals surface area contributed by atoms with Gasteiger partial charge >= 0.3 is 0 Å². The van der Waals surface area contributed by atoms with Crippen LogP contribution in [-0.2, 0) is 4.74 Å². The lowest BCUT2D eigenvalue weighted by Gasteiger charge is -2.20. The van der Waals surface area contributed by atoms with E-state index in [2.05, 4.69) is 12.2 Å². The second-order valence-electron chi connectivity index (χ2n) is 4.96. The van der Waals surface area contributed by atoms with Crippen molar-refractivity contribution in [1.82, 2.24) is 5.32 Å². The van der Waals surface area contributed by atoms with Crippen LogP contribution in [0, 0.1) is 5.82 Å². The molecule has 19 heavy (non-hydrogen) atoms. The van der Waals surface area contributed by atoms with E-state index in [0.717, 1.165) is 37.3 Å². The van der Waals surface area contributed by atoms with Crippen LogP contribution in [0.25, 0.3) is 0 Å². The van der Waals surface area contributed by atoms with Gasteiger partial charge in [-0.25, -0.2) is 4.39 Å². The molecule has 2 rings (SSSR count). The minimum Gasteiger partial charge on any atom is -0.488 e. The van der Waals surface area contributed by atoms with Crippen molar-refractivity contribution in [3.63, 3.8) is 0 Å². The first-order valence-electron chi connectivity index (χ1n) is 6.98. The predicted molar refractivity (Wildman–Crippen MR) is 73.0 cm³/mol. The van der Waals surface area contributed by atoms with Crippen molar-refractivity contribution in [3.8, 4) is 5.75 Å². The fraction of sp³-hybridized carbons (Fsp3) is 0.600. The molecule has 1 heterocycles. The van der Waals surface area contributed by atoms with Gasteiger partial charge in [0.2, 0.25) is 0 Å². The highest BCUT2D eigenvalue weighted by molar-refractivity contribution is 5.36. The highest BCUT2D eigenvalue weighted by atomic mass is 19.1. The van der Waals surface area contributed by atoms with Gasteiger partial charge in [-0.15, -0.1) is 0 Å². The lowest BCUT2D eigenvalue weighted by molar-refractivity contribution is 0.140. The molecule has 1 aliphatic heterocycles. The molecule has 2 atom stereocenters. The number of nitrogens with one attached hydrogen (secondary N) is 1. The third kappa shape index (κ3) is 3.91. The van der Waals surface area contributed by atoms with Crippen molar-refractivity contribution < 1.29 is 13.9 Å². The highest BCUT2D eigenvalue weighted by Gasteiger charge is 2.20. The summed E-state index contributed by atoms with van der Waals surface area (Å²) in [5, 5.41) is 3.36. The fourth-order valence-electron chi connectivity index (χ4n) is 2.22. The molecule has 0 spiro atoms. The maximum Gasteiger partial charge on any atom is 0.124 e. The molecule has 0 aliphatic carbocycles. The normalized spacial score (nSPS) is 20.5. The SMILES string of the molecule is CCCNC(C)c1cc(F)ccc1OC1CCOC1. The van der Waals surface area contributed by atoms with E-state index in [1.54, 1.807) is 12.1 Å². The van der Waals surface area contributed by atoms with E-state index in [-0.39, 0.29) is 18.0 Å². The van der Waals surface area contributed by atoms with Crippen LogP contribution < -0.4 is 10.1 Å². The number of halogens is 1. The molecule has 3 nitrogen and oxygen atoms in total. The minimum absolute atomic E-state index is 0.0768. The molecule has 4 heteroatoms. The zero-order chi connectivity index (χ0) is 13.7. The summed E-state index contributed by atoms with van der Waals surface area (Å²) >= 11 is 0. The van der Waals surface area contributed by atoms with Crippen molar-refractivity contribution in [3.05, 3.63) is 29.6 Å². The van der Waals surface area contributed by atoms with Crippen molar-refractivity contribution in [2.45, 2.75) is 38.8 Å². The molecule has 1 fully saturated rings. The smallest absolute Gasteiger partial charge is 0.124 e. The van der Waals surface area contributed by atoms with Gasteiger partial charge in [0.25, 0.3) is 0 Å². The van der Waals surface area contributed by atoms with E-state index in [1.807, 2.05) is 6.92 Å². The Labute approximate surface area is 114 Å². The van der Waals surface area contributed by atoms with Gasteiger partial charge in [-0.2, -0.15) is 0 Å². The number of benzene rings is 1. The van der Waals surface area contributed by atoms with Crippen molar-refractivity contribution in [1.29, 1.82) is 0 Å². The molecule has 106 valence electrons. The van der Waals surface area contributed by atoms with Crippen molar-refractivity contribution >= 4 is 0 Å². The van der Waals surface area contributed by atoms with Crippen molar-refractivity contribution in [2.24, 2.45) is 0 Å². The summed E-state index contributed by atoms with van der Waals surface area (Å²) in [6.45, 7) is 6.41. The highest BCUT2D eigenvalue weighted by Crippen LogP contribution is 2.28. The van der Waals surface area contributed by atoms with Gasteiger partial charge in [-0.3, -0.25) is 0 Å². The van der Waals surface area contributed by atoms with Crippen LogP contribution in [0.1, 0.15) is 38.3 Å². The first kappa shape index (κ1) is 14.3. The van der Waals surface area contributed by atoms with Crippen LogP contribution >= 0.6 is 0 Å². The van der Waals surface area contributed by atoms with E-state index >= 15 is 0 Å². The molecule has 0 aromatic heterocycles. The second-order valence-corrected chi connectivity index (χ2v) is 4.96. The molecule has 0 radical (unpaired) electrons. The summed E-state index contributed by atoms with van der Waals surface area (Å²) in [7, 11) is 0. The maximum absolute atomic E-state index is 13.4. The Morgan fingerprint density at radius 1 is 1.53 bits per heavy atom. The Hall–Kier alpha value is -1.13. The Bertz CT molecular complexity index is 405. The minimum atomic E-state index is -0.227. The predicted octanol–water partition coefficient (Wildman–Crippen LogP) is 3.05. The monoisotopic (exact) mass is 267 g/mol. The quantitative estimate of drug-likeness (QED) is 0.859. The van der Waals surface area contributed by atoms with Gasteiger partial charge in [-0.1, -0.05) is 6.92 Å². The van der Waals surface area contributed by atoms with E-state index in [0.29, 0.717) is 6.61 Å². The summed E-state index contributed by atoms with van der Waals surface area (Å²) in [6, 6.07) is 4.79. The first-order chi connectivity index (χ1) is 9.20. The number of hydrogen-bond donors (Lipinski definition) is 1. The van der Waals surface area contributed by atoms with Gasteiger partial charge in [0, 0.05) is 18.0 Å². The van der Waals surface area contributed by atoms with E-state index in [4.69, 9.17) is 9.47 Å². The first-order valence-corrected chi connectivity index (χ1v) is 6.98. The molecule has 1 aromatic rings. The molecular formula is C15H22FNO2. The molecule has 1 aliphatic rings. The van der Waals surface area contributed by atoms with Crippen LogP contribution in [0.3, 0.4) is 0 Å². The van der Waals surface area contributed by atoms with Crippen LogP contribution in [0.5, 0.6) is 5.75 Å². The third-order valence-electron chi connectivity index (χ3n) is 3.32. The number of ether oxygens (including phenoxy) is 2. The third-order valence-corrected chi connectivity index (χ3v) is 3.32. The standard InChI is InChI=1S/C15H22FNO2/c1-3-7-17-11(2)14-9-12(16)4-5-15(14)19-13-6-8-18-10-13/h4-5,9,11,13,17H,3,6-8,10H2,1-2H3. The Morgan fingerprint density at radius 3 is 3.05 bits per heavy atom. The topological polar surface area (TPSA) is 30.5 Å². The Kier molecular flexibility index (Phi) is 5.16. The lowest BCUT2D eigenvalue weighted by atomic mass is 10.1. The van der Waals surface area contributed by atoms with Gasteiger partial charge in [0.1, 0.15) is 17.7 Å². The zero-order valence-corrected chi connectivity index (χ0v) is 11.6. The maximum atomic E-state index is 13.4. The molecule has 0 saturated carbocycles. The van der Waals surface area contributed by atoms with Gasteiger partial charge in [0.05, 0.1) is 13.2 Å². The van der Waals surface area contributed by atoms with Crippen LogP contribution in [-0.4, -0.2) is 25.9 Å². The average Bonchev–Trinajstić information content (AvgIpc) is 2.91. The second kappa shape index (κ2) is 6.87. The molecule has 1 saturated heterocycles. The van der Waals surface area contributed by atoms with E-state index in [9.17, 15) is 4.39 Å². The van der Waals surface area contributed by atoms with Crippen LogP contribution in [0.2, 0.25) is 0 Å². The zero-order valence-electron chi connectivity index (χ0n) is 11.6. The lowest BCUT2D eigenvalue weighted by Crippen LogP contribution is -2.22. The summed E-state index contributed by atoms with van der Waals surface area (Å²) in [4.78, 5) is 0. The molecule has 2 unspecified atom stereocenters. The van der Waals surface area contributed by atoms with Gasteiger partial charge in [0.15, 0.2) is 0 Å². The Morgan fingerprint density at radius 2 is 2.37 bits per heavy atom. The van der Waals surface area contributed by atoms with Crippen molar-refractivity contribution in [2.75, 3.05) is 19.8 Å². The van der Waals surface area contributed by atoms with Crippen LogP contribution in [0.15, 0.2) is 18.2 Å². The summed E-state index contributed by atoms with van der Waals surface area (Å²) < 4.78 is 24.7. The number of rotatable bonds is 6. The van der Waals surface area contributed by atoms with Crippen LogP contribution in [0.4, 0.5) is 4.39 Å².